The summed E-state index contributed by atoms with van der Waals surface area (Å²) in [5.74, 6) is 2.48. The first-order valence-electron chi connectivity index (χ1n) is 8.27. The number of aromatic nitrogens is 2. The van der Waals surface area contributed by atoms with Gasteiger partial charge >= 0.3 is 0 Å². The zero-order valence-corrected chi connectivity index (χ0v) is 15.1. The van der Waals surface area contributed by atoms with Crippen LogP contribution in [-0.4, -0.2) is 24.2 Å². The summed E-state index contributed by atoms with van der Waals surface area (Å²) in [6.45, 7) is 0.535. The highest BCUT2D eigenvalue weighted by Crippen LogP contribution is 2.27. The van der Waals surface area contributed by atoms with Crippen molar-refractivity contribution < 1.29 is 9.47 Å². The minimum Gasteiger partial charge on any atom is -0.493 e. The lowest BCUT2D eigenvalue weighted by Crippen LogP contribution is -2.05. The molecule has 2 N–H and O–H groups in total. The molecule has 7 heteroatoms. The number of ether oxygens (including phenoxy) is 2. The summed E-state index contributed by atoms with van der Waals surface area (Å²) in [4.78, 5) is 8.68. The highest BCUT2D eigenvalue weighted by atomic mass is 16.5. The third-order valence-corrected chi connectivity index (χ3v) is 3.82. The molecule has 0 atom stereocenters. The summed E-state index contributed by atoms with van der Waals surface area (Å²) >= 11 is 0. The molecule has 0 unspecified atom stereocenters. The minimum absolute atomic E-state index is 0.492. The summed E-state index contributed by atoms with van der Waals surface area (Å²) in [6, 6.07) is 16.8. The highest BCUT2D eigenvalue weighted by molar-refractivity contribution is 5.59. The number of benzene rings is 2. The van der Waals surface area contributed by atoms with Gasteiger partial charge in [0.05, 0.1) is 25.9 Å². The first-order chi connectivity index (χ1) is 13.2. The maximum atomic E-state index is 8.99. The van der Waals surface area contributed by atoms with E-state index in [4.69, 9.17) is 14.7 Å². The van der Waals surface area contributed by atoms with E-state index < -0.39 is 0 Å². The van der Waals surface area contributed by atoms with E-state index in [9.17, 15) is 0 Å². The Balaban J connectivity index is 1.68. The monoisotopic (exact) mass is 361 g/mol. The van der Waals surface area contributed by atoms with E-state index in [0.29, 0.717) is 35.4 Å². The van der Waals surface area contributed by atoms with Gasteiger partial charge in [0.2, 0.25) is 5.95 Å². The Hall–Kier alpha value is -3.79. The van der Waals surface area contributed by atoms with E-state index in [2.05, 4.69) is 26.7 Å². The van der Waals surface area contributed by atoms with Crippen molar-refractivity contribution in [2.75, 3.05) is 24.9 Å². The highest BCUT2D eigenvalue weighted by Gasteiger charge is 2.06. The maximum Gasteiger partial charge on any atom is 0.224 e. The number of anilines is 3. The number of nitriles is 1. The summed E-state index contributed by atoms with van der Waals surface area (Å²) < 4.78 is 10.6. The summed E-state index contributed by atoms with van der Waals surface area (Å²) in [5.41, 5.74) is 2.38. The van der Waals surface area contributed by atoms with Gasteiger partial charge in [-0.2, -0.15) is 10.2 Å². The lowest BCUT2D eigenvalue weighted by Gasteiger charge is -2.11. The normalized spacial score (nSPS) is 9.96. The zero-order chi connectivity index (χ0) is 19.1. The zero-order valence-electron chi connectivity index (χ0n) is 15.1. The second-order valence-electron chi connectivity index (χ2n) is 5.63. The molecule has 0 spiro atoms. The molecule has 1 aromatic heterocycles. The molecule has 0 radical (unpaired) electrons. The number of methoxy groups -OCH3 is 2. The average Bonchev–Trinajstić information content (AvgIpc) is 2.72. The molecule has 7 nitrogen and oxygen atoms in total. The van der Waals surface area contributed by atoms with E-state index in [-0.39, 0.29) is 0 Å². The Morgan fingerprint density at radius 3 is 2.67 bits per heavy atom. The average molecular weight is 361 g/mol. The first-order valence-corrected chi connectivity index (χ1v) is 8.27. The Labute approximate surface area is 157 Å². The van der Waals surface area contributed by atoms with Gasteiger partial charge in [0.1, 0.15) is 5.82 Å². The molecule has 27 heavy (non-hydrogen) atoms. The molecule has 136 valence electrons. The molecule has 0 amide bonds. The molecule has 1 heterocycles. The van der Waals surface area contributed by atoms with Crippen LogP contribution in [0.5, 0.6) is 11.5 Å². The van der Waals surface area contributed by atoms with Crippen LogP contribution in [0.3, 0.4) is 0 Å². The van der Waals surface area contributed by atoms with Gasteiger partial charge in [-0.1, -0.05) is 12.1 Å². The van der Waals surface area contributed by atoms with Gasteiger partial charge in [-0.15, -0.1) is 0 Å². The van der Waals surface area contributed by atoms with Crippen molar-refractivity contribution in [3.8, 4) is 17.6 Å². The first kappa shape index (κ1) is 18.0. The van der Waals surface area contributed by atoms with Gasteiger partial charge in [-0.3, -0.25) is 0 Å². The van der Waals surface area contributed by atoms with Crippen molar-refractivity contribution >= 4 is 17.5 Å². The van der Waals surface area contributed by atoms with Crippen molar-refractivity contribution in [1.29, 1.82) is 5.26 Å². The third-order valence-electron chi connectivity index (χ3n) is 3.82. The Bertz CT molecular complexity index is 969. The largest absolute Gasteiger partial charge is 0.493 e. The van der Waals surface area contributed by atoms with Gasteiger partial charge in [0.25, 0.3) is 0 Å². The molecule has 0 saturated heterocycles. The van der Waals surface area contributed by atoms with E-state index >= 15 is 0 Å². The van der Waals surface area contributed by atoms with Gasteiger partial charge in [0, 0.05) is 18.4 Å². The minimum atomic E-state index is 0.492. The van der Waals surface area contributed by atoms with Crippen molar-refractivity contribution in [1.82, 2.24) is 9.97 Å². The van der Waals surface area contributed by atoms with E-state index in [0.717, 1.165) is 11.3 Å². The Morgan fingerprint density at radius 1 is 1.04 bits per heavy atom. The molecule has 3 aromatic rings. The number of hydrogen-bond donors (Lipinski definition) is 2. The predicted molar refractivity (Wildman–Crippen MR) is 103 cm³/mol. The second-order valence-corrected chi connectivity index (χ2v) is 5.63. The Morgan fingerprint density at radius 2 is 1.89 bits per heavy atom. The number of nitrogens with zero attached hydrogens (tertiary/aromatic N) is 3. The number of hydrogen-bond acceptors (Lipinski definition) is 7. The predicted octanol–water partition coefficient (Wildman–Crippen LogP) is 3.72. The van der Waals surface area contributed by atoms with Crippen molar-refractivity contribution in [3.05, 3.63) is 65.9 Å². The third kappa shape index (κ3) is 4.64. The molecule has 0 bridgehead atoms. The smallest absolute Gasteiger partial charge is 0.224 e. The van der Waals surface area contributed by atoms with Gasteiger partial charge < -0.3 is 20.1 Å². The van der Waals surface area contributed by atoms with Crippen LogP contribution < -0.4 is 20.1 Å². The van der Waals surface area contributed by atoms with Crippen LogP contribution in [-0.2, 0) is 6.54 Å². The quantitative estimate of drug-likeness (QED) is 0.662. The molecular weight excluding hydrogens is 342 g/mol. The molecule has 3 rings (SSSR count). The SMILES string of the molecule is COc1ccc(CNc2nccc(Nc3cccc(C#N)c3)n2)cc1OC. The summed E-state index contributed by atoms with van der Waals surface area (Å²) in [6.07, 6.45) is 1.67. The van der Waals surface area contributed by atoms with E-state index in [1.54, 1.807) is 38.6 Å². The Kier molecular flexibility index (Phi) is 5.70. The number of rotatable bonds is 7. The van der Waals surface area contributed by atoms with Crippen molar-refractivity contribution in [2.24, 2.45) is 0 Å². The fourth-order valence-electron chi connectivity index (χ4n) is 2.50. The molecule has 0 fully saturated rings. The van der Waals surface area contributed by atoms with Crippen molar-refractivity contribution in [2.45, 2.75) is 6.54 Å². The standard InChI is InChI=1S/C20H19N5O2/c1-26-17-7-6-15(11-18(17)27-2)13-23-20-22-9-8-19(25-20)24-16-5-3-4-14(10-16)12-21/h3-11H,13H2,1-2H3,(H2,22,23,24,25). The van der Waals surface area contributed by atoms with Gasteiger partial charge in [-0.25, -0.2) is 4.98 Å². The molecule has 0 aliphatic rings. The van der Waals surface area contributed by atoms with Crippen LogP contribution >= 0.6 is 0 Å². The molecule has 0 aliphatic heterocycles. The lowest BCUT2D eigenvalue weighted by atomic mass is 10.2. The fraction of sp³-hybridized carbons (Fsp3) is 0.150. The molecular formula is C20H19N5O2. The van der Waals surface area contributed by atoms with Gasteiger partial charge in [0.15, 0.2) is 11.5 Å². The molecule has 2 aromatic carbocycles. The van der Waals surface area contributed by atoms with Gasteiger partial charge in [-0.05, 0) is 42.0 Å². The number of nitrogens with one attached hydrogen (secondary N) is 2. The molecule has 0 saturated carbocycles. The summed E-state index contributed by atoms with van der Waals surface area (Å²) in [5, 5.41) is 15.3. The van der Waals surface area contributed by atoms with Crippen LogP contribution in [0.15, 0.2) is 54.7 Å². The van der Waals surface area contributed by atoms with Crippen LogP contribution in [0.1, 0.15) is 11.1 Å². The van der Waals surface area contributed by atoms with Crippen LogP contribution in [0.25, 0.3) is 0 Å². The van der Waals surface area contributed by atoms with Crippen LogP contribution in [0.2, 0.25) is 0 Å². The maximum absolute atomic E-state index is 8.99. The van der Waals surface area contributed by atoms with E-state index in [1.165, 1.54) is 0 Å². The van der Waals surface area contributed by atoms with Crippen LogP contribution in [0, 0.1) is 11.3 Å². The van der Waals surface area contributed by atoms with E-state index in [1.807, 2.05) is 30.3 Å². The van der Waals surface area contributed by atoms with Crippen molar-refractivity contribution in [3.63, 3.8) is 0 Å². The second kappa shape index (κ2) is 8.54. The van der Waals surface area contributed by atoms with Crippen LogP contribution in [0.4, 0.5) is 17.5 Å². The summed E-state index contributed by atoms with van der Waals surface area (Å²) in [7, 11) is 3.21. The molecule has 0 aliphatic carbocycles. The fourth-order valence-corrected chi connectivity index (χ4v) is 2.50. The topological polar surface area (TPSA) is 92.1 Å². The lowest BCUT2D eigenvalue weighted by molar-refractivity contribution is 0.354.